The van der Waals surface area contributed by atoms with Crippen LogP contribution in [0.5, 0.6) is 0 Å². The molecule has 0 bridgehead atoms. The second-order valence-electron chi connectivity index (χ2n) is 4.68. The number of methoxy groups -OCH3 is 1. The van der Waals surface area contributed by atoms with Crippen molar-refractivity contribution in [1.82, 2.24) is 15.5 Å². The van der Waals surface area contributed by atoms with Gasteiger partial charge in [0, 0.05) is 38.9 Å². The summed E-state index contributed by atoms with van der Waals surface area (Å²) in [6.45, 7) is 1.17. The monoisotopic (exact) mass is 303 g/mol. The lowest BCUT2D eigenvalue weighted by Gasteiger charge is -2.09. The Hall–Kier alpha value is -2.52. The van der Waals surface area contributed by atoms with Crippen LogP contribution < -0.4 is 10.6 Å². The van der Waals surface area contributed by atoms with Crippen LogP contribution in [-0.4, -0.2) is 57.7 Å². The maximum absolute atomic E-state index is 11.7. The molecule has 0 spiro atoms. The van der Waals surface area contributed by atoms with E-state index in [0.29, 0.717) is 18.7 Å². The van der Waals surface area contributed by atoms with E-state index >= 15 is 0 Å². The Balaban J connectivity index is 2.42. The summed E-state index contributed by atoms with van der Waals surface area (Å²) in [7, 11) is 4.99. The Morgan fingerprint density at radius 2 is 1.86 bits per heavy atom. The molecule has 1 aromatic carbocycles. The van der Waals surface area contributed by atoms with Crippen LogP contribution in [0.2, 0.25) is 0 Å². The van der Waals surface area contributed by atoms with Gasteiger partial charge in [0.05, 0.1) is 13.2 Å². The molecule has 6 heteroatoms. The molecular weight excluding hydrogens is 282 g/mol. The van der Waals surface area contributed by atoms with Crippen molar-refractivity contribution in [3.05, 3.63) is 35.4 Å². The topological polar surface area (TPSA) is 70.7 Å². The number of urea groups is 1. The average Bonchev–Trinajstić information content (AvgIpc) is 2.51. The van der Waals surface area contributed by atoms with E-state index in [1.165, 1.54) is 4.90 Å². The number of hydrogen-bond acceptors (Lipinski definition) is 3. The molecule has 0 saturated heterocycles. The van der Waals surface area contributed by atoms with Gasteiger partial charge < -0.3 is 20.3 Å². The second kappa shape index (κ2) is 9.42. The number of rotatable bonds is 5. The zero-order chi connectivity index (χ0) is 16.4. The van der Waals surface area contributed by atoms with Crippen molar-refractivity contribution in [2.75, 3.05) is 40.9 Å². The van der Waals surface area contributed by atoms with Gasteiger partial charge in [0.15, 0.2) is 0 Å². The first kappa shape index (κ1) is 17.5. The summed E-state index contributed by atoms with van der Waals surface area (Å²) in [6.07, 6.45) is 0. The number of hydrogen-bond donors (Lipinski definition) is 2. The molecular formula is C16H21N3O3. The normalized spacial score (nSPS) is 9.41. The second-order valence-corrected chi connectivity index (χ2v) is 4.68. The fourth-order valence-electron chi connectivity index (χ4n) is 1.55. The molecule has 0 aromatic heterocycles. The number of benzene rings is 1. The molecule has 0 aliphatic carbocycles. The van der Waals surface area contributed by atoms with E-state index in [9.17, 15) is 9.59 Å². The van der Waals surface area contributed by atoms with Gasteiger partial charge in [-0.3, -0.25) is 4.79 Å². The van der Waals surface area contributed by atoms with Gasteiger partial charge in [-0.15, -0.1) is 0 Å². The highest BCUT2D eigenvalue weighted by molar-refractivity contribution is 5.93. The first-order chi connectivity index (χ1) is 10.5. The zero-order valence-corrected chi connectivity index (χ0v) is 13.1. The molecule has 1 aromatic rings. The number of ether oxygens (including phenoxy) is 1. The number of carbonyl (C=O) groups excluding carboxylic acids is 2. The van der Waals surface area contributed by atoms with Crippen LogP contribution >= 0.6 is 0 Å². The van der Waals surface area contributed by atoms with Gasteiger partial charge in [-0.25, -0.2) is 4.79 Å². The Morgan fingerprint density at radius 3 is 2.45 bits per heavy atom. The average molecular weight is 303 g/mol. The van der Waals surface area contributed by atoms with Crippen molar-refractivity contribution >= 4 is 11.9 Å². The molecule has 0 atom stereocenters. The molecule has 118 valence electrons. The molecule has 0 aliphatic rings. The van der Waals surface area contributed by atoms with Crippen molar-refractivity contribution in [2.24, 2.45) is 0 Å². The maximum atomic E-state index is 11.7. The molecule has 0 saturated carbocycles. The van der Waals surface area contributed by atoms with Gasteiger partial charge in [-0.1, -0.05) is 11.8 Å². The molecule has 1 rings (SSSR count). The Labute approximate surface area is 130 Å². The van der Waals surface area contributed by atoms with Gasteiger partial charge in [0.25, 0.3) is 5.91 Å². The summed E-state index contributed by atoms with van der Waals surface area (Å²) in [5.41, 5.74) is 1.41. The largest absolute Gasteiger partial charge is 0.383 e. The van der Waals surface area contributed by atoms with E-state index in [2.05, 4.69) is 22.5 Å². The third-order valence-electron chi connectivity index (χ3n) is 2.70. The summed E-state index contributed by atoms with van der Waals surface area (Å²) in [6, 6.07) is 6.75. The van der Waals surface area contributed by atoms with Crippen LogP contribution in [0.25, 0.3) is 0 Å². The van der Waals surface area contributed by atoms with Crippen LogP contribution in [0.4, 0.5) is 4.79 Å². The van der Waals surface area contributed by atoms with Crippen molar-refractivity contribution < 1.29 is 14.3 Å². The predicted molar refractivity (Wildman–Crippen MR) is 84.6 cm³/mol. The molecule has 0 heterocycles. The van der Waals surface area contributed by atoms with Crippen molar-refractivity contribution in [2.45, 2.75) is 0 Å². The highest BCUT2D eigenvalue weighted by atomic mass is 16.5. The summed E-state index contributed by atoms with van der Waals surface area (Å²) in [4.78, 5) is 24.6. The smallest absolute Gasteiger partial charge is 0.315 e. The Bertz CT molecular complexity index is 556. The van der Waals surface area contributed by atoms with Gasteiger partial charge in [-0.05, 0) is 24.3 Å². The molecule has 2 N–H and O–H groups in total. The van der Waals surface area contributed by atoms with Crippen molar-refractivity contribution in [1.29, 1.82) is 0 Å². The van der Waals surface area contributed by atoms with E-state index in [1.54, 1.807) is 45.5 Å². The van der Waals surface area contributed by atoms with Crippen LogP contribution in [0.3, 0.4) is 0 Å². The molecule has 6 nitrogen and oxygen atoms in total. The molecule has 22 heavy (non-hydrogen) atoms. The Morgan fingerprint density at radius 1 is 1.18 bits per heavy atom. The standard InChI is InChI=1S/C16H21N3O3/c1-19(2)15(20)14-8-6-13(7-9-14)5-4-10-17-16(21)18-11-12-22-3/h6-9H,10-12H2,1-3H3,(H2,17,18,21). The van der Waals surface area contributed by atoms with Gasteiger partial charge in [0.2, 0.25) is 0 Å². The van der Waals surface area contributed by atoms with E-state index < -0.39 is 0 Å². The van der Waals surface area contributed by atoms with Crippen molar-refractivity contribution in [3.8, 4) is 11.8 Å². The predicted octanol–water partition coefficient (Wildman–Crippen LogP) is 0.686. The SMILES string of the molecule is COCCNC(=O)NCC#Cc1ccc(C(=O)N(C)C)cc1. The fraction of sp³-hybridized carbons (Fsp3) is 0.375. The highest BCUT2D eigenvalue weighted by Crippen LogP contribution is 2.05. The van der Waals surface area contributed by atoms with Crippen LogP contribution in [0, 0.1) is 11.8 Å². The first-order valence-electron chi connectivity index (χ1n) is 6.86. The summed E-state index contributed by atoms with van der Waals surface area (Å²) in [5.74, 6) is 5.72. The lowest BCUT2D eigenvalue weighted by atomic mass is 10.1. The third kappa shape index (κ3) is 6.29. The minimum absolute atomic E-state index is 0.0473. The summed E-state index contributed by atoms with van der Waals surface area (Å²) in [5, 5.41) is 5.24. The van der Waals surface area contributed by atoms with Crippen molar-refractivity contribution in [3.63, 3.8) is 0 Å². The number of nitrogens with zero attached hydrogens (tertiary/aromatic N) is 1. The minimum atomic E-state index is -0.279. The van der Waals surface area contributed by atoms with E-state index in [0.717, 1.165) is 5.56 Å². The van der Waals surface area contributed by atoms with Crippen LogP contribution in [-0.2, 0) is 4.74 Å². The zero-order valence-electron chi connectivity index (χ0n) is 13.1. The molecule has 0 fully saturated rings. The van der Waals surface area contributed by atoms with Crippen LogP contribution in [0.1, 0.15) is 15.9 Å². The van der Waals surface area contributed by atoms with Gasteiger partial charge >= 0.3 is 6.03 Å². The first-order valence-corrected chi connectivity index (χ1v) is 6.86. The van der Waals surface area contributed by atoms with E-state index in [-0.39, 0.29) is 18.5 Å². The lowest BCUT2D eigenvalue weighted by Crippen LogP contribution is -2.37. The number of nitrogens with one attached hydrogen (secondary N) is 2. The highest BCUT2D eigenvalue weighted by Gasteiger charge is 2.06. The van der Waals surface area contributed by atoms with E-state index in [1.807, 2.05) is 0 Å². The maximum Gasteiger partial charge on any atom is 0.315 e. The molecule has 0 radical (unpaired) electrons. The minimum Gasteiger partial charge on any atom is -0.383 e. The van der Waals surface area contributed by atoms with Gasteiger partial charge in [0.1, 0.15) is 0 Å². The number of carbonyl (C=O) groups is 2. The summed E-state index contributed by atoms with van der Waals surface area (Å²) < 4.78 is 4.82. The molecule has 0 aliphatic heterocycles. The third-order valence-corrected chi connectivity index (χ3v) is 2.70. The summed E-state index contributed by atoms with van der Waals surface area (Å²) >= 11 is 0. The number of amides is 3. The fourth-order valence-corrected chi connectivity index (χ4v) is 1.55. The lowest BCUT2D eigenvalue weighted by molar-refractivity contribution is 0.0827. The van der Waals surface area contributed by atoms with E-state index in [4.69, 9.17) is 4.74 Å². The van der Waals surface area contributed by atoms with Gasteiger partial charge in [-0.2, -0.15) is 0 Å². The Kier molecular flexibility index (Phi) is 7.51. The van der Waals surface area contributed by atoms with Crippen LogP contribution in [0.15, 0.2) is 24.3 Å². The quantitative estimate of drug-likeness (QED) is 0.621. The molecule has 0 unspecified atom stereocenters. The molecule has 3 amide bonds.